The van der Waals surface area contributed by atoms with E-state index < -0.39 is 0 Å². The number of thioether (sulfide) groups is 2. The third-order valence-electron chi connectivity index (χ3n) is 2.44. The third-order valence-corrected chi connectivity index (χ3v) is 4.44. The summed E-state index contributed by atoms with van der Waals surface area (Å²) in [6.45, 7) is 4.74. The van der Waals surface area contributed by atoms with E-state index in [1.54, 1.807) is 18.0 Å². The molecule has 0 N–H and O–H groups in total. The summed E-state index contributed by atoms with van der Waals surface area (Å²) >= 11 is 3.02. The van der Waals surface area contributed by atoms with Crippen LogP contribution in [0.5, 0.6) is 5.75 Å². The van der Waals surface area contributed by atoms with Crippen molar-refractivity contribution in [3.05, 3.63) is 29.3 Å². The summed E-state index contributed by atoms with van der Waals surface area (Å²) in [6.07, 6.45) is 3.71. The maximum Gasteiger partial charge on any atom is 0.207 e. The molecule has 0 spiro atoms. The molecule has 18 heavy (non-hydrogen) atoms. The molecule has 5 heteroatoms. The molecule has 3 nitrogen and oxygen atoms in total. The van der Waals surface area contributed by atoms with Crippen molar-refractivity contribution in [1.82, 2.24) is 0 Å². The highest BCUT2D eigenvalue weighted by Gasteiger charge is 2.02. The Balaban J connectivity index is 2.41. The third kappa shape index (κ3) is 4.63. The van der Waals surface area contributed by atoms with Crippen LogP contribution in [-0.2, 0) is 0 Å². The van der Waals surface area contributed by atoms with E-state index in [9.17, 15) is 0 Å². The van der Waals surface area contributed by atoms with Crippen LogP contribution in [0, 0.1) is 25.3 Å². The number of hydrogen-bond acceptors (Lipinski definition) is 5. The fourth-order valence-electron chi connectivity index (χ4n) is 1.34. The maximum atomic E-state index is 8.47. The van der Waals surface area contributed by atoms with Gasteiger partial charge in [-0.1, -0.05) is 23.9 Å². The normalized spacial score (nSPS) is 11.1. The number of hydrogen-bond donors (Lipinski definition) is 0. The summed E-state index contributed by atoms with van der Waals surface area (Å²) in [5.74, 6) is 1.72. The quantitative estimate of drug-likeness (QED) is 0.366. The number of benzene rings is 1. The van der Waals surface area contributed by atoms with Gasteiger partial charge in [0.25, 0.3) is 0 Å². The Morgan fingerprint density at radius 1 is 1.44 bits per heavy atom. The van der Waals surface area contributed by atoms with Gasteiger partial charge in [-0.05, 0) is 37.3 Å². The molecule has 0 heterocycles. The molecule has 0 saturated heterocycles. The molecule has 0 aromatic heterocycles. The summed E-state index contributed by atoms with van der Waals surface area (Å²) in [7, 11) is 0. The van der Waals surface area contributed by atoms with Crippen LogP contribution < -0.4 is 4.74 Å². The summed E-state index contributed by atoms with van der Waals surface area (Å²) < 4.78 is 6.50. The van der Waals surface area contributed by atoms with Crippen molar-refractivity contribution >= 4 is 27.9 Å². The van der Waals surface area contributed by atoms with Gasteiger partial charge < -0.3 is 4.74 Å². The number of aryl methyl sites for hydroxylation is 1. The van der Waals surface area contributed by atoms with Crippen molar-refractivity contribution in [2.75, 3.05) is 18.6 Å². The van der Waals surface area contributed by atoms with Gasteiger partial charge in [0.15, 0.2) is 0 Å². The van der Waals surface area contributed by atoms with Crippen LogP contribution in [0.15, 0.2) is 23.2 Å². The largest absolute Gasteiger partial charge is 0.492 e. The fraction of sp³-hybridized carbons (Fsp3) is 0.385. The van der Waals surface area contributed by atoms with E-state index in [-0.39, 0.29) is 0 Å². The van der Waals surface area contributed by atoms with Crippen molar-refractivity contribution in [2.45, 2.75) is 13.8 Å². The molecule has 0 saturated carbocycles. The molecule has 0 bridgehead atoms. The van der Waals surface area contributed by atoms with Gasteiger partial charge in [0.05, 0.1) is 6.61 Å². The molecule has 0 aliphatic rings. The van der Waals surface area contributed by atoms with E-state index in [4.69, 9.17) is 10.00 Å². The molecular weight excluding hydrogens is 264 g/mol. The van der Waals surface area contributed by atoms with E-state index in [1.807, 2.05) is 18.4 Å². The molecular formula is C13H16N2OS2. The van der Waals surface area contributed by atoms with Crippen molar-refractivity contribution < 1.29 is 4.74 Å². The van der Waals surface area contributed by atoms with Crippen molar-refractivity contribution in [2.24, 2.45) is 4.99 Å². The second-order valence-electron chi connectivity index (χ2n) is 3.58. The number of rotatable bonds is 4. The fourth-order valence-corrected chi connectivity index (χ4v) is 2.64. The average molecular weight is 280 g/mol. The minimum absolute atomic E-state index is 0.611. The van der Waals surface area contributed by atoms with Crippen LogP contribution in [0.4, 0.5) is 0 Å². The SMILES string of the molecule is CSC(=NC#N)SCCOc1cccc(C)c1C. The first kappa shape index (κ1) is 14.9. The van der Waals surface area contributed by atoms with Gasteiger partial charge in [-0.25, -0.2) is 0 Å². The number of nitriles is 1. The molecule has 0 atom stereocenters. The number of ether oxygens (including phenoxy) is 1. The minimum atomic E-state index is 0.611. The lowest BCUT2D eigenvalue weighted by Gasteiger charge is -2.10. The highest BCUT2D eigenvalue weighted by Crippen LogP contribution is 2.21. The molecule has 0 fully saturated rings. The molecule has 0 aliphatic heterocycles. The lowest BCUT2D eigenvalue weighted by Crippen LogP contribution is -2.03. The van der Waals surface area contributed by atoms with Crippen molar-refractivity contribution in [1.29, 1.82) is 5.26 Å². The summed E-state index contributed by atoms with van der Waals surface area (Å²) in [5.41, 5.74) is 2.41. The Morgan fingerprint density at radius 3 is 2.89 bits per heavy atom. The second-order valence-corrected chi connectivity index (χ2v) is 5.71. The molecule has 96 valence electrons. The van der Waals surface area contributed by atoms with Gasteiger partial charge in [0.1, 0.15) is 10.1 Å². The van der Waals surface area contributed by atoms with E-state index in [0.29, 0.717) is 6.61 Å². The molecule has 1 rings (SSSR count). The summed E-state index contributed by atoms with van der Waals surface area (Å²) in [4.78, 5) is 3.71. The van der Waals surface area contributed by atoms with Gasteiger partial charge in [-0.15, -0.1) is 11.8 Å². The smallest absolute Gasteiger partial charge is 0.207 e. The predicted molar refractivity (Wildman–Crippen MR) is 80.4 cm³/mol. The van der Waals surface area contributed by atoms with Gasteiger partial charge in [0.2, 0.25) is 6.19 Å². The van der Waals surface area contributed by atoms with Gasteiger partial charge in [-0.2, -0.15) is 10.3 Å². The van der Waals surface area contributed by atoms with Gasteiger partial charge >= 0.3 is 0 Å². The lowest BCUT2D eigenvalue weighted by atomic mass is 10.1. The Hall–Kier alpha value is -1.12. The number of aliphatic imine (C=N–C) groups is 1. The first-order valence-corrected chi connectivity index (χ1v) is 7.72. The minimum Gasteiger partial charge on any atom is -0.492 e. The Morgan fingerprint density at radius 2 is 2.22 bits per heavy atom. The van der Waals surface area contributed by atoms with Crippen LogP contribution in [0.25, 0.3) is 0 Å². The van der Waals surface area contributed by atoms with E-state index in [2.05, 4.69) is 24.9 Å². The molecule has 0 radical (unpaired) electrons. The molecule has 0 unspecified atom stereocenters. The molecule has 0 aliphatic carbocycles. The van der Waals surface area contributed by atoms with Crippen LogP contribution in [-0.4, -0.2) is 23.0 Å². The first-order chi connectivity index (χ1) is 8.69. The van der Waals surface area contributed by atoms with Gasteiger partial charge in [0, 0.05) is 5.75 Å². The topological polar surface area (TPSA) is 45.4 Å². The highest BCUT2D eigenvalue weighted by atomic mass is 32.2. The zero-order chi connectivity index (χ0) is 13.4. The monoisotopic (exact) mass is 280 g/mol. The average Bonchev–Trinajstić information content (AvgIpc) is 2.38. The number of nitrogens with zero attached hydrogens (tertiary/aromatic N) is 2. The van der Waals surface area contributed by atoms with Crippen LogP contribution in [0.3, 0.4) is 0 Å². The first-order valence-electron chi connectivity index (χ1n) is 5.51. The zero-order valence-corrected chi connectivity index (χ0v) is 12.4. The Kier molecular flexibility index (Phi) is 6.69. The zero-order valence-electron chi connectivity index (χ0n) is 10.8. The van der Waals surface area contributed by atoms with E-state index >= 15 is 0 Å². The van der Waals surface area contributed by atoms with E-state index in [0.717, 1.165) is 15.9 Å². The van der Waals surface area contributed by atoms with Crippen LogP contribution in [0.1, 0.15) is 11.1 Å². The standard InChI is InChI=1S/C13H16N2OS2/c1-10-5-4-6-12(11(10)2)16-7-8-18-13(17-3)15-9-14/h4-6H,7-8H2,1-3H3. The van der Waals surface area contributed by atoms with Crippen LogP contribution >= 0.6 is 23.5 Å². The molecule has 0 amide bonds. The second kappa shape index (κ2) is 8.06. The Labute approximate surface area is 117 Å². The molecule has 1 aromatic carbocycles. The predicted octanol–water partition coefficient (Wildman–Crippen LogP) is 3.62. The summed E-state index contributed by atoms with van der Waals surface area (Å²) in [6, 6.07) is 6.05. The summed E-state index contributed by atoms with van der Waals surface area (Å²) in [5, 5.41) is 8.47. The van der Waals surface area contributed by atoms with Crippen molar-refractivity contribution in [3.63, 3.8) is 0 Å². The van der Waals surface area contributed by atoms with Gasteiger partial charge in [-0.3, -0.25) is 0 Å². The maximum absolute atomic E-state index is 8.47. The van der Waals surface area contributed by atoms with Crippen molar-refractivity contribution in [3.8, 4) is 11.9 Å². The highest BCUT2D eigenvalue weighted by molar-refractivity contribution is 8.38. The lowest BCUT2D eigenvalue weighted by molar-refractivity contribution is 0.341. The Bertz CT molecular complexity index is 467. The van der Waals surface area contributed by atoms with E-state index in [1.165, 1.54) is 22.9 Å². The molecule has 1 aromatic rings. The van der Waals surface area contributed by atoms with Crippen LogP contribution in [0.2, 0.25) is 0 Å².